The number of alkyl halides is 1. The molecule has 149 heavy (non-hydrogen) atoms. The van der Waals surface area contributed by atoms with E-state index in [9.17, 15) is 91.3 Å². The van der Waals surface area contributed by atoms with E-state index in [4.69, 9.17) is 61.8 Å². The van der Waals surface area contributed by atoms with Gasteiger partial charge in [-0.15, -0.1) is 0 Å². The van der Waals surface area contributed by atoms with Crippen molar-refractivity contribution in [3.63, 3.8) is 0 Å². The molecular weight excluding hydrogens is 2030 g/mol. The Morgan fingerprint density at radius 1 is 0.396 bits per heavy atom. The molecule has 0 aromatic heterocycles. The number of nitrogens with one attached hydrogen (secondary N) is 1. The van der Waals surface area contributed by atoms with E-state index in [1.54, 1.807) is 80.8 Å². The molecule has 20 nitrogen and oxygen atoms in total. The second kappa shape index (κ2) is 41.6. The summed E-state index contributed by atoms with van der Waals surface area (Å²) in [5.41, 5.74) is 35.6. The van der Waals surface area contributed by atoms with Gasteiger partial charge in [0.15, 0.2) is 79.5 Å². The number of fused-ring (bicyclic) bond motifs is 15. The zero-order valence-electron chi connectivity index (χ0n) is 80.3. The zero-order chi connectivity index (χ0) is 106. The van der Waals surface area contributed by atoms with Gasteiger partial charge in [-0.25, -0.2) is 91.3 Å². The number of sulfonamides is 1. The van der Waals surface area contributed by atoms with E-state index in [1.807, 2.05) is 84.6 Å². The highest BCUT2D eigenvalue weighted by Gasteiger charge is 2.42. The molecule has 0 saturated carbocycles. The second-order valence-corrected chi connectivity index (χ2v) is 44.3. The second-order valence-electron chi connectivity index (χ2n) is 38.1. The maximum Gasteiger partial charge on any atom is 0.235 e. The standard InChI is InChI=1S/C24H22F4N2O.C23H22F3NO3.C22H19F3N2O3S.C21H19F3N2O2S.C20H16F3NO3S/c1-24(28)6-7-30(12-24)14-4-2-13-3-5-22-16(15(13)8-14)10-21(29)23(31-22)17-9-19(26)20(27)11-18(17)25;1-3-6-29-22-7-12-4-5-20-14(13(12)10-21(22)28-2)9-19(27)23(30-20)15-8-17(25)18(26)11-16(15)24;23-17-11-19(25)18(24)9-16(17)22-20(26)10-15-14-8-13(27-6-1-7-31(27,28)29)4-2-12(14)3-5-21(15)30-22;1-29(2,27)26-12-4-5-13-11(7-12)3-6-20-14(13)9-19(25)21(28-20)15-8-17(23)18(24)10-16(15)22;1-28(25,26)11-3-4-12-10(6-11)2-5-19-13(12)8-18(24)20(27-19)14-7-16(22)17(23)9-15(14)21/h2-5,8-9,11,21,23H,6-7,10,12,29H2,1H3;4-5,7-8,10-11,19,23H,3,6,9,27H2,1-2H3;2-5,8-9,11,20,22H,1,6-7,10,26H2;3-8,10,19,21H,1,9,25H2,2H3,(H,26,27);2-7,9,18,20H,8,24H2,1H3/t21-,23+,24?;19-,23+;20-,22+;19-,21+,29?;18-,20+/m00000/s1. The fourth-order valence-electron chi connectivity index (χ4n) is 19.9. The van der Waals surface area contributed by atoms with Crippen LogP contribution in [0.15, 0.2) is 211 Å². The minimum Gasteiger partial charge on any atom is -0.493 e. The van der Waals surface area contributed by atoms with E-state index in [1.165, 1.54) is 16.6 Å². The number of methoxy groups -OCH3 is 1. The molecule has 780 valence electrons. The molecule has 0 spiro atoms. The largest absolute Gasteiger partial charge is 0.493 e. The summed E-state index contributed by atoms with van der Waals surface area (Å²) in [6.45, 7) is 5.61. The molecule has 0 aliphatic carbocycles. The zero-order valence-corrected chi connectivity index (χ0v) is 82.7. The topological polar surface area (TPSA) is 299 Å². The van der Waals surface area contributed by atoms with Crippen LogP contribution in [0.5, 0.6) is 40.2 Å². The summed E-state index contributed by atoms with van der Waals surface area (Å²) in [5, 5.41) is 8.63. The third-order valence-corrected chi connectivity index (χ3v) is 30.9. The maximum atomic E-state index is 14.3. The Kier molecular flexibility index (Phi) is 29.4. The number of ether oxygens (including phenoxy) is 7. The minimum atomic E-state index is -3.35. The first-order valence-corrected chi connectivity index (χ1v) is 52.9. The van der Waals surface area contributed by atoms with Crippen molar-refractivity contribution in [2.24, 2.45) is 28.7 Å². The van der Waals surface area contributed by atoms with Crippen LogP contribution in [0.25, 0.3) is 53.9 Å². The van der Waals surface area contributed by atoms with E-state index in [2.05, 4.69) is 10.6 Å². The van der Waals surface area contributed by atoms with Crippen molar-refractivity contribution in [1.82, 2.24) is 0 Å². The van der Waals surface area contributed by atoms with Crippen LogP contribution in [0.2, 0.25) is 0 Å². The normalized spacial score (nSPS) is 21.2. The summed E-state index contributed by atoms with van der Waals surface area (Å²) in [6, 6.07) is 46.1. The molecule has 0 radical (unpaired) electrons. The number of nitrogens with two attached hydrogens (primary N) is 5. The fraction of sp³-hybridized carbons (Fsp3) is 0.264. The van der Waals surface area contributed by atoms with Crippen molar-refractivity contribution in [2.75, 3.05) is 65.5 Å². The SMILES string of the molecule is C=S(C)(=O)Nc1ccc2c3c(ccc2c1)O[C@H](c1cc(F)c(F)cc1F)[C@@H](N)C3.CC1(F)CCN(c2ccc3ccc4c(c3c2)C[C@H](N)[C@@H](c2cc(F)c(F)cc2F)O4)C1.CCCOc1cc2ccc3c(c2cc1OC)C[C@H](N)[C@@H](c1cc(F)c(F)cc1F)O3.CS(=O)(=O)c1ccc2c3c(ccc2c1)O[C@H](c1cc(F)c(F)cc1F)[C@@H](N)C3.N[C@H]1Cc2c(ccc3ccc(N4CCCS4(=O)=O)cc23)O[C@@H]1c1cc(F)c(F)cc1F. The van der Waals surface area contributed by atoms with Gasteiger partial charge >= 0.3 is 0 Å². The monoisotopic (exact) mass is 2120 g/mol. The average molecular weight is 2120 g/mol. The minimum absolute atomic E-state index is 0.104. The van der Waals surface area contributed by atoms with E-state index >= 15 is 0 Å². The van der Waals surface area contributed by atoms with Gasteiger partial charge in [0.25, 0.3) is 0 Å². The van der Waals surface area contributed by atoms with Gasteiger partial charge in [-0.05, 0) is 233 Å². The van der Waals surface area contributed by atoms with E-state index in [0.717, 1.165) is 125 Å². The molecule has 22 rings (SSSR count). The first-order chi connectivity index (χ1) is 70.6. The molecule has 7 aliphatic rings. The lowest BCUT2D eigenvalue weighted by atomic mass is 9.90. The summed E-state index contributed by atoms with van der Waals surface area (Å²) >= 11 is 0. The number of hydrogen-bond acceptors (Lipinski definition) is 18. The summed E-state index contributed by atoms with van der Waals surface area (Å²) in [6.07, 6.45) is 1.50. The van der Waals surface area contributed by atoms with Crippen LogP contribution in [0, 0.1) is 87.3 Å². The average Bonchev–Trinajstić information content (AvgIpc) is 1.71. The summed E-state index contributed by atoms with van der Waals surface area (Å²) in [5.74, 6) is -9.28. The molecule has 12 atom stereocenters. The van der Waals surface area contributed by atoms with Gasteiger partial charge in [0.2, 0.25) is 10.0 Å². The highest BCUT2D eigenvalue weighted by atomic mass is 32.2. The summed E-state index contributed by atoms with van der Waals surface area (Å²) in [4.78, 5) is 2.21. The molecule has 11 N–H and O–H groups in total. The molecule has 39 heteroatoms. The Morgan fingerprint density at radius 3 is 1.07 bits per heavy atom. The van der Waals surface area contributed by atoms with Crippen LogP contribution in [-0.2, 0) is 61.7 Å². The third kappa shape index (κ3) is 21.8. The number of hydrogen-bond donors (Lipinski definition) is 6. The first kappa shape index (κ1) is 105. The lowest BCUT2D eigenvalue weighted by Crippen LogP contribution is -2.38. The summed E-state index contributed by atoms with van der Waals surface area (Å²) in [7, 11) is -7.51. The van der Waals surface area contributed by atoms with Gasteiger partial charge in [-0.1, -0.05) is 61.5 Å². The van der Waals surface area contributed by atoms with E-state index in [-0.39, 0.29) is 38.5 Å². The Balaban J connectivity index is 0.000000122. The quantitative estimate of drug-likeness (QED) is 0.0335. The van der Waals surface area contributed by atoms with Crippen LogP contribution in [0.1, 0.15) is 119 Å². The smallest absolute Gasteiger partial charge is 0.235 e. The molecule has 2 unspecified atom stereocenters. The molecule has 15 aromatic carbocycles. The molecule has 0 bridgehead atoms. The van der Waals surface area contributed by atoms with Crippen LogP contribution >= 0.6 is 0 Å². The van der Waals surface area contributed by atoms with E-state index in [0.29, 0.717) is 159 Å². The number of sulfone groups is 1. The number of nitrogens with zero attached hydrogens (tertiary/aromatic N) is 2. The van der Waals surface area contributed by atoms with Crippen molar-refractivity contribution in [2.45, 2.75) is 137 Å². The van der Waals surface area contributed by atoms with Crippen LogP contribution in [0.4, 0.5) is 87.3 Å². The predicted octanol–water partition coefficient (Wildman–Crippen LogP) is 21.7. The number of halogens is 16. The maximum absolute atomic E-state index is 14.3. The van der Waals surface area contributed by atoms with Gasteiger partial charge in [0, 0.05) is 139 Å². The van der Waals surface area contributed by atoms with Crippen molar-refractivity contribution in [1.29, 1.82) is 0 Å². The highest BCUT2D eigenvalue weighted by molar-refractivity contribution is 8.00. The van der Waals surface area contributed by atoms with E-state index < -0.39 is 183 Å². The summed E-state index contributed by atoms with van der Waals surface area (Å²) < 4.78 is 326. The van der Waals surface area contributed by atoms with Crippen molar-refractivity contribution < 1.29 is 124 Å². The third-order valence-electron chi connectivity index (χ3n) is 27.2. The molecule has 7 heterocycles. The lowest BCUT2D eigenvalue weighted by Gasteiger charge is -2.33. The molecule has 15 aromatic rings. The Hall–Kier alpha value is -13.8. The molecule has 2 fully saturated rings. The van der Waals surface area contributed by atoms with Crippen molar-refractivity contribution in [3.8, 4) is 40.2 Å². The molecular formula is C110H98F16N8O12S3. The van der Waals surface area contributed by atoms with Crippen LogP contribution in [-0.4, -0.2) is 114 Å². The number of rotatable bonds is 14. The van der Waals surface area contributed by atoms with Gasteiger partial charge in [0.05, 0.1) is 66.8 Å². The lowest BCUT2D eigenvalue weighted by molar-refractivity contribution is 0.149. The Labute approximate surface area is 846 Å². The number of benzene rings is 15. The van der Waals surface area contributed by atoms with Crippen molar-refractivity contribution >= 4 is 106 Å². The predicted molar refractivity (Wildman–Crippen MR) is 539 cm³/mol. The van der Waals surface area contributed by atoms with Crippen LogP contribution in [0.3, 0.4) is 0 Å². The Bertz CT molecular complexity index is 8230. The molecule has 0 amide bonds. The van der Waals surface area contributed by atoms with Gasteiger partial charge < -0.3 is 71.4 Å². The molecule has 2 saturated heterocycles. The van der Waals surface area contributed by atoms with Crippen molar-refractivity contribution in [3.05, 3.63) is 349 Å². The van der Waals surface area contributed by atoms with Gasteiger partial charge in [-0.2, -0.15) is 0 Å². The molecule has 7 aliphatic heterocycles. The highest BCUT2D eigenvalue weighted by Crippen LogP contribution is 2.49. The number of anilines is 3. The van der Waals surface area contributed by atoms with Gasteiger partial charge in [-0.3, -0.25) is 4.31 Å². The fourth-order valence-corrected chi connectivity index (χ4v) is 22.8. The first-order valence-electron chi connectivity index (χ1n) is 47.2. The van der Waals surface area contributed by atoms with Crippen LogP contribution < -0.4 is 75.8 Å². The Morgan fingerprint density at radius 2 is 0.725 bits per heavy atom. The van der Waals surface area contributed by atoms with Gasteiger partial charge in [0.1, 0.15) is 94.0 Å².